The molecule has 7 nitrogen and oxygen atoms in total. The SMILES string of the molecule is Cc1ccc(S(=O)(=O)Nc2ccc(N3CCNCC3)c(C(=O)NCC(C)C)c2)c(C)c1. The van der Waals surface area contributed by atoms with Crippen molar-refractivity contribution in [3.8, 4) is 0 Å². The van der Waals surface area contributed by atoms with E-state index in [9.17, 15) is 13.2 Å². The molecular weight excluding hydrogens is 412 g/mol. The molecule has 0 aromatic heterocycles. The number of aryl methyl sites for hydroxylation is 2. The number of hydrogen-bond donors (Lipinski definition) is 3. The smallest absolute Gasteiger partial charge is 0.262 e. The van der Waals surface area contributed by atoms with E-state index >= 15 is 0 Å². The lowest BCUT2D eigenvalue weighted by molar-refractivity contribution is 0.0949. The third kappa shape index (κ3) is 5.77. The molecule has 0 bridgehead atoms. The van der Waals surface area contributed by atoms with Crippen LogP contribution in [0.4, 0.5) is 11.4 Å². The van der Waals surface area contributed by atoms with Crippen LogP contribution in [0.2, 0.25) is 0 Å². The maximum atomic E-state index is 13.0. The Morgan fingerprint density at radius 3 is 2.45 bits per heavy atom. The standard InChI is InChI=1S/C23H32N4O3S/c1-16(2)15-25-23(28)20-14-19(6-7-21(20)27-11-9-24-10-12-27)26-31(29,30)22-8-5-17(3)13-18(22)4/h5-8,13-14,16,24,26H,9-12,15H2,1-4H3,(H,25,28). The average molecular weight is 445 g/mol. The molecule has 0 aliphatic carbocycles. The van der Waals surface area contributed by atoms with Gasteiger partial charge in [-0.05, 0) is 49.6 Å². The first-order valence-corrected chi connectivity index (χ1v) is 12.1. The number of piperazine rings is 1. The summed E-state index contributed by atoms with van der Waals surface area (Å²) in [6.07, 6.45) is 0. The maximum absolute atomic E-state index is 13.0. The third-order valence-corrected chi connectivity index (χ3v) is 6.78. The summed E-state index contributed by atoms with van der Waals surface area (Å²) in [7, 11) is -3.77. The quantitative estimate of drug-likeness (QED) is 0.611. The van der Waals surface area contributed by atoms with Crippen LogP contribution in [0.1, 0.15) is 35.3 Å². The van der Waals surface area contributed by atoms with Gasteiger partial charge in [-0.3, -0.25) is 9.52 Å². The van der Waals surface area contributed by atoms with Gasteiger partial charge in [0, 0.05) is 44.1 Å². The minimum atomic E-state index is -3.77. The Labute approximate surface area is 185 Å². The van der Waals surface area contributed by atoms with Gasteiger partial charge in [-0.1, -0.05) is 31.5 Å². The molecule has 168 valence electrons. The monoisotopic (exact) mass is 444 g/mol. The topological polar surface area (TPSA) is 90.5 Å². The number of carbonyl (C=O) groups excluding carboxylic acids is 1. The van der Waals surface area contributed by atoms with Gasteiger partial charge in [-0.25, -0.2) is 8.42 Å². The molecule has 1 fully saturated rings. The van der Waals surface area contributed by atoms with Gasteiger partial charge < -0.3 is 15.5 Å². The van der Waals surface area contributed by atoms with Gasteiger partial charge in [-0.2, -0.15) is 0 Å². The molecule has 1 aliphatic heterocycles. The molecule has 0 spiro atoms. The Hall–Kier alpha value is -2.58. The lowest BCUT2D eigenvalue weighted by Crippen LogP contribution is -2.44. The largest absolute Gasteiger partial charge is 0.368 e. The summed E-state index contributed by atoms with van der Waals surface area (Å²) in [4.78, 5) is 15.3. The van der Waals surface area contributed by atoms with E-state index in [1.807, 2.05) is 32.9 Å². The van der Waals surface area contributed by atoms with Crippen LogP contribution in [0.5, 0.6) is 0 Å². The van der Waals surface area contributed by atoms with Crippen molar-refractivity contribution in [1.82, 2.24) is 10.6 Å². The van der Waals surface area contributed by atoms with Crippen molar-refractivity contribution in [3.05, 3.63) is 53.1 Å². The van der Waals surface area contributed by atoms with Crippen LogP contribution in [-0.4, -0.2) is 47.0 Å². The molecule has 0 unspecified atom stereocenters. The molecule has 3 rings (SSSR count). The molecule has 2 aromatic carbocycles. The van der Waals surface area contributed by atoms with Crippen LogP contribution in [0.25, 0.3) is 0 Å². The summed E-state index contributed by atoms with van der Waals surface area (Å²) in [6.45, 7) is 11.6. The summed E-state index contributed by atoms with van der Waals surface area (Å²) in [5, 5.41) is 6.27. The molecule has 2 aromatic rings. The van der Waals surface area contributed by atoms with Crippen molar-refractivity contribution >= 4 is 27.3 Å². The number of anilines is 2. The van der Waals surface area contributed by atoms with Gasteiger partial charge in [-0.15, -0.1) is 0 Å². The summed E-state index contributed by atoms with van der Waals surface area (Å²) in [6, 6.07) is 10.4. The second-order valence-corrected chi connectivity index (χ2v) is 10.1. The summed E-state index contributed by atoms with van der Waals surface area (Å²) in [5.41, 5.74) is 3.34. The first-order chi connectivity index (χ1) is 14.7. The third-order valence-electron chi connectivity index (χ3n) is 5.24. The van der Waals surface area contributed by atoms with E-state index < -0.39 is 10.0 Å². The highest BCUT2D eigenvalue weighted by molar-refractivity contribution is 7.92. The van der Waals surface area contributed by atoms with Crippen molar-refractivity contribution in [2.24, 2.45) is 5.92 Å². The van der Waals surface area contributed by atoms with E-state index in [0.29, 0.717) is 29.3 Å². The molecule has 1 saturated heterocycles. The molecule has 1 heterocycles. The van der Waals surface area contributed by atoms with Gasteiger partial charge in [0.2, 0.25) is 0 Å². The van der Waals surface area contributed by atoms with Crippen LogP contribution in [0.3, 0.4) is 0 Å². The van der Waals surface area contributed by atoms with E-state index in [1.165, 1.54) is 0 Å². The highest BCUT2D eigenvalue weighted by Crippen LogP contribution is 2.27. The zero-order valence-electron chi connectivity index (χ0n) is 18.7. The molecule has 1 amide bonds. The molecule has 0 atom stereocenters. The number of sulfonamides is 1. The number of rotatable bonds is 7. The fraction of sp³-hybridized carbons (Fsp3) is 0.435. The fourth-order valence-corrected chi connectivity index (χ4v) is 4.94. The predicted octanol–water partition coefficient (Wildman–Crippen LogP) is 2.90. The van der Waals surface area contributed by atoms with Crippen LogP contribution in [0, 0.1) is 19.8 Å². The zero-order chi connectivity index (χ0) is 22.6. The number of carbonyl (C=O) groups is 1. The van der Waals surface area contributed by atoms with Gasteiger partial charge >= 0.3 is 0 Å². The number of benzene rings is 2. The Balaban J connectivity index is 1.93. The highest BCUT2D eigenvalue weighted by Gasteiger charge is 2.22. The predicted molar refractivity (Wildman–Crippen MR) is 125 cm³/mol. The molecule has 0 saturated carbocycles. The molecular formula is C23H32N4O3S. The van der Waals surface area contributed by atoms with E-state index in [4.69, 9.17) is 0 Å². The Morgan fingerprint density at radius 2 is 1.81 bits per heavy atom. The second-order valence-electron chi connectivity index (χ2n) is 8.45. The zero-order valence-corrected chi connectivity index (χ0v) is 19.5. The van der Waals surface area contributed by atoms with Gasteiger partial charge in [0.1, 0.15) is 0 Å². The highest BCUT2D eigenvalue weighted by atomic mass is 32.2. The van der Waals surface area contributed by atoms with E-state index in [1.54, 1.807) is 31.2 Å². The minimum Gasteiger partial charge on any atom is -0.368 e. The maximum Gasteiger partial charge on any atom is 0.262 e. The van der Waals surface area contributed by atoms with Crippen LogP contribution < -0.4 is 20.3 Å². The van der Waals surface area contributed by atoms with Crippen molar-refractivity contribution in [1.29, 1.82) is 0 Å². The molecule has 31 heavy (non-hydrogen) atoms. The lowest BCUT2D eigenvalue weighted by Gasteiger charge is -2.31. The minimum absolute atomic E-state index is 0.199. The Morgan fingerprint density at radius 1 is 1.10 bits per heavy atom. The summed E-state index contributed by atoms with van der Waals surface area (Å²) in [5.74, 6) is 0.118. The number of hydrogen-bond acceptors (Lipinski definition) is 5. The molecule has 8 heteroatoms. The van der Waals surface area contributed by atoms with E-state index in [2.05, 4.69) is 20.3 Å². The Bertz CT molecular complexity index is 1040. The van der Waals surface area contributed by atoms with E-state index in [0.717, 1.165) is 37.4 Å². The average Bonchev–Trinajstić information content (AvgIpc) is 2.72. The number of nitrogens with zero attached hydrogens (tertiary/aromatic N) is 1. The van der Waals surface area contributed by atoms with Crippen molar-refractivity contribution in [3.63, 3.8) is 0 Å². The van der Waals surface area contributed by atoms with Crippen LogP contribution in [0.15, 0.2) is 41.3 Å². The Kier molecular flexibility index (Phi) is 7.23. The van der Waals surface area contributed by atoms with Gasteiger partial charge in [0.15, 0.2) is 0 Å². The van der Waals surface area contributed by atoms with Gasteiger partial charge in [0.25, 0.3) is 15.9 Å². The van der Waals surface area contributed by atoms with Crippen LogP contribution in [-0.2, 0) is 10.0 Å². The molecule has 1 aliphatic rings. The molecule has 0 radical (unpaired) electrons. The second kappa shape index (κ2) is 9.70. The van der Waals surface area contributed by atoms with Crippen molar-refractivity contribution in [2.75, 3.05) is 42.3 Å². The van der Waals surface area contributed by atoms with Crippen molar-refractivity contribution in [2.45, 2.75) is 32.6 Å². The number of amides is 1. The summed E-state index contributed by atoms with van der Waals surface area (Å²) >= 11 is 0. The first-order valence-electron chi connectivity index (χ1n) is 10.7. The lowest BCUT2D eigenvalue weighted by atomic mass is 10.1. The van der Waals surface area contributed by atoms with Gasteiger partial charge in [0.05, 0.1) is 10.5 Å². The molecule has 3 N–H and O–H groups in total. The fourth-order valence-electron chi connectivity index (χ4n) is 3.67. The first kappa shape index (κ1) is 23.1. The van der Waals surface area contributed by atoms with E-state index in [-0.39, 0.29) is 10.8 Å². The number of nitrogens with one attached hydrogen (secondary N) is 3. The van der Waals surface area contributed by atoms with Crippen LogP contribution >= 0.6 is 0 Å². The summed E-state index contributed by atoms with van der Waals surface area (Å²) < 4.78 is 28.6. The van der Waals surface area contributed by atoms with Crippen molar-refractivity contribution < 1.29 is 13.2 Å². The normalized spacial score (nSPS) is 14.5.